The van der Waals surface area contributed by atoms with Crippen LogP contribution in [0, 0.1) is 6.07 Å². The second-order valence-electron chi connectivity index (χ2n) is 1.60. The minimum Gasteiger partial charge on any atom is -0.360 e. The van der Waals surface area contributed by atoms with Crippen molar-refractivity contribution in [3.05, 3.63) is 18.5 Å². The highest BCUT2D eigenvalue weighted by atomic mass is 16.5. The predicted octanol–water partition coefficient (Wildman–Crippen LogP) is 0.677. The first-order valence-corrected chi connectivity index (χ1v) is 2.89. The van der Waals surface area contributed by atoms with Crippen LogP contribution >= 0.6 is 0 Å². The molecule has 0 saturated heterocycles. The van der Waals surface area contributed by atoms with Crippen LogP contribution in [-0.2, 0) is 11.5 Å². The molecule has 0 unspecified atom stereocenters. The third-order valence-corrected chi connectivity index (χ3v) is 0.932. The van der Waals surface area contributed by atoms with Crippen molar-refractivity contribution in [2.24, 2.45) is 0 Å². The largest absolute Gasteiger partial charge is 0.360 e. The topological polar surface area (TPSA) is 27.1 Å². The highest BCUT2D eigenvalue weighted by molar-refractivity contribution is 4.73. The van der Waals surface area contributed by atoms with E-state index in [1.807, 2.05) is 6.92 Å². The third-order valence-electron chi connectivity index (χ3n) is 0.932. The summed E-state index contributed by atoms with van der Waals surface area (Å²) in [7, 11) is 0. The standard InChI is InChI=1S/C6H9N2O/c1-2-9-6-8-5-3-4-7-8/h4-5H,2,6H2,1H3. The fourth-order valence-electron chi connectivity index (χ4n) is 0.516. The number of nitrogens with zero attached hydrogens (tertiary/aromatic N) is 2. The first-order valence-electron chi connectivity index (χ1n) is 2.89. The van der Waals surface area contributed by atoms with Gasteiger partial charge in [-0.05, 0) is 6.92 Å². The van der Waals surface area contributed by atoms with E-state index in [-0.39, 0.29) is 0 Å². The number of hydrogen-bond donors (Lipinski definition) is 0. The van der Waals surface area contributed by atoms with Crippen LogP contribution in [0.1, 0.15) is 6.92 Å². The Balaban J connectivity index is 2.30. The van der Waals surface area contributed by atoms with Crippen molar-refractivity contribution in [3.63, 3.8) is 0 Å². The molecule has 1 rings (SSSR count). The van der Waals surface area contributed by atoms with Gasteiger partial charge in [-0.15, -0.1) is 0 Å². The Labute approximate surface area is 54.2 Å². The zero-order chi connectivity index (χ0) is 6.53. The third kappa shape index (κ3) is 1.85. The lowest BCUT2D eigenvalue weighted by Gasteiger charge is -1.98. The molecule has 0 aliphatic carbocycles. The smallest absolute Gasteiger partial charge is 0.139 e. The molecule has 0 aromatic carbocycles. The van der Waals surface area contributed by atoms with Gasteiger partial charge in [0.25, 0.3) is 0 Å². The molecule has 49 valence electrons. The fourth-order valence-corrected chi connectivity index (χ4v) is 0.516. The zero-order valence-corrected chi connectivity index (χ0v) is 5.37. The van der Waals surface area contributed by atoms with Crippen LogP contribution in [0.2, 0.25) is 0 Å². The van der Waals surface area contributed by atoms with Crippen molar-refractivity contribution in [2.45, 2.75) is 13.7 Å². The molecule has 9 heavy (non-hydrogen) atoms. The summed E-state index contributed by atoms with van der Waals surface area (Å²) in [6, 6.07) is 2.81. The maximum absolute atomic E-state index is 5.06. The molecule has 1 aromatic rings. The lowest BCUT2D eigenvalue weighted by atomic mass is 10.8. The van der Waals surface area contributed by atoms with Crippen LogP contribution in [-0.4, -0.2) is 16.4 Å². The van der Waals surface area contributed by atoms with Crippen LogP contribution in [0.4, 0.5) is 0 Å². The van der Waals surface area contributed by atoms with Crippen LogP contribution < -0.4 is 0 Å². The quantitative estimate of drug-likeness (QED) is 0.594. The second kappa shape index (κ2) is 3.25. The summed E-state index contributed by atoms with van der Waals surface area (Å²) in [5.74, 6) is 0. The van der Waals surface area contributed by atoms with E-state index < -0.39 is 0 Å². The Morgan fingerprint density at radius 3 is 3.22 bits per heavy atom. The molecule has 1 heterocycles. The molecule has 1 radical (unpaired) electrons. The second-order valence-corrected chi connectivity index (χ2v) is 1.60. The minimum atomic E-state index is 0.528. The van der Waals surface area contributed by atoms with Gasteiger partial charge < -0.3 is 4.74 Å². The van der Waals surface area contributed by atoms with Crippen LogP contribution in [0.3, 0.4) is 0 Å². The van der Waals surface area contributed by atoms with Gasteiger partial charge in [-0.2, -0.15) is 5.10 Å². The first-order chi connectivity index (χ1) is 4.43. The molecule has 3 heteroatoms. The number of rotatable bonds is 3. The van der Waals surface area contributed by atoms with E-state index in [2.05, 4.69) is 11.2 Å². The first kappa shape index (κ1) is 6.29. The van der Waals surface area contributed by atoms with Crippen LogP contribution in [0.5, 0.6) is 0 Å². The van der Waals surface area contributed by atoms with E-state index in [1.54, 1.807) is 17.1 Å². The molecule has 0 aliphatic rings. The normalized spacial score (nSPS) is 9.89. The van der Waals surface area contributed by atoms with E-state index in [0.717, 1.165) is 6.61 Å². The molecule has 0 bridgehead atoms. The van der Waals surface area contributed by atoms with Gasteiger partial charge in [-0.1, -0.05) is 0 Å². The lowest BCUT2D eigenvalue weighted by molar-refractivity contribution is 0.0791. The summed E-state index contributed by atoms with van der Waals surface area (Å²) >= 11 is 0. The van der Waals surface area contributed by atoms with E-state index in [4.69, 9.17) is 4.74 Å². The molecule has 0 fully saturated rings. The average molecular weight is 125 g/mol. The fraction of sp³-hybridized carbons (Fsp3) is 0.500. The Hall–Kier alpha value is -0.830. The van der Waals surface area contributed by atoms with Gasteiger partial charge in [-0.3, -0.25) is 0 Å². The molecule has 0 amide bonds. The van der Waals surface area contributed by atoms with Crippen molar-refractivity contribution in [1.29, 1.82) is 0 Å². The van der Waals surface area contributed by atoms with Crippen molar-refractivity contribution in [2.75, 3.05) is 6.61 Å². The molecule has 0 saturated carbocycles. The van der Waals surface area contributed by atoms with Gasteiger partial charge >= 0.3 is 0 Å². The molecule has 3 nitrogen and oxygen atoms in total. The van der Waals surface area contributed by atoms with Gasteiger partial charge in [0, 0.05) is 18.9 Å². The molecule has 0 aliphatic heterocycles. The summed E-state index contributed by atoms with van der Waals surface area (Å²) < 4.78 is 6.74. The molecule has 0 spiro atoms. The summed E-state index contributed by atoms with van der Waals surface area (Å²) in [5, 5.41) is 3.89. The van der Waals surface area contributed by atoms with E-state index in [0.29, 0.717) is 6.73 Å². The maximum Gasteiger partial charge on any atom is 0.139 e. The van der Waals surface area contributed by atoms with Crippen molar-refractivity contribution in [1.82, 2.24) is 9.78 Å². The maximum atomic E-state index is 5.06. The molecule has 0 N–H and O–H groups in total. The summed E-state index contributed by atoms with van der Waals surface area (Å²) in [6.45, 7) is 3.20. The van der Waals surface area contributed by atoms with Crippen molar-refractivity contribution < 1.29 is 4.74 Å². The van der Waals surface area contributed by atoms with Gasteiger partial charge in [0.05, 0.1) is 6.20 Å². The van der Waals surface area contributed by atoms with Gasteiger partial charge in [0.15, 0.2) is 0 Å². The van der Waals surface area contributed by atoms with Crippen molar-refractivity contribution in [3.8, 4) is 0 Å². The number of aromatic nitrogens is 2. The zero-order valence-electron chi connectivity index (χ0n) is 5.37. The number of hydrogen-bond acceptors (Lipinski definition) is 2. The van der Waals surface area contributed by atoms with Gasteiger partial charge in [-0.25, -0.2) is 4.68 Å². The van der Waals surface area contributed by atoms with Gasteiger partial charge in [0.1, 0.15) is 6.73 Å². The molecule has 0 atom stereocenters. The van der Waals surface area contributed by atoms with E-state index >= 15 is 0 Å². The molecular formula is C6H9N2O. The van der Waals surface area contributed by atoms with Gasteiger partial charge in [0.2, 0.25) is 0 Å². The Morgan fingerprint density at radius 1 is 1.78 bits per heavy atom. The predicted molar refractivity (Wildman–Crippen MR) is 32.7 cm³/mol. The number of ether oxygens (including phenoxy) is 1. The Kier molecular flexibility index (Phi) is 2.27. The highest BCUT2D eigenvalue weighted by Gasteiger charge is 1.85. The van der Waals surface area contributed by atoms with Crippen molar-refractivity contribution >= 4 is 0 Å². The van der Waals surface area contributed by atoms with E-state index in [1.165, 1.54) is 0 Å². The highest BCUT2D eigenvalue weighted by Crippen LogP contribution is 1.83. The summed E-state index contributed by atoms with van der Waals surface area (Å²) in [4.78, 5) is 0. The average Bonchev–Trinajstić information content (AvgIpc) is 2.34. The summed E-state index contributed by atoms with van der Waals surface area (Å²) in [5.41, 5.74) is 0. The minimum absolute atomic E-state index is 0.528. The Bertz CT molecular complexity index is 148. The molecule has 1 aromatic heterocycles. The Morgan fingerprint density at radius 2 is 2.67 bits per heavy atom. The lowest BCUT2D eigenvalue weighted by Crippen LogP contribution is -2.01. The molecular weight excluding hydrogens is 116 g/mol. The van der Waals surface area contributed by atoms with Crippen LogP contribution in [0.15, 0.2) is 12.4 Å². The van der Waals surface area contributed by atoms with Crippen LogP contribution in [0.25, 0.3) is 0 Å². The monoisotopic (exact) mass is 125 g/mol. The van der Waals surface area contributed by atoms with E-state index in [9.17, 15) is 0 Å². The summed E-state index contributed by atoms with van der Waals surface area (Å²) in [6.07, 6.45) is 3.36. The SMILES string of the molecule is CCOCn1c[c]cn1.